The van der Waals surface area contributed by atoms with Crippen molar-refractivity contribution in [1.82, 2.24) is 20.4 Å². The Bertz CT molecular complexity index is 571. The average molecular weight is 323 g/mol. The van der Waals surface area contributed by atoms with E-state index in [1.165, 1.54) is 0 Å². The predicted octanol–water partition coefficient (Wildman–Crippen LogP) is 2.11. The summed E-state index contributed by atoms with van der Waals surface area (Å²) in [6.45, 7) is 1.14. The van der Waals surface area contributed by atoms with Gasteiger partial charge in [0.1, 0.15) is 0 Å². The summed E-state index contributed by atoms with van der Waals surface area (Å²) < 4.78 is 0. The molecule has 0 fully saturated rings. The van der Waals surface area contributed by atoms with Crippen LogP contribution in [0.5, 0.6) is 0 Å². The number of aromatic nitrogens is 2. The van der Waals surface area contributed by atoms with E-state index in [0.717, 1.165) is 36.3 Å². The van der Waals surface area contributed by atoms with Gasteiger partial charge in [0.25, 0.3) is 0 Å². The van der Waals surface area contributed by atoms with Gasteiger partial charge in [-0.2, -0.15) is 5.10 Å². The Morgan fingerprint density at radius 2 is 2.05 bits per heavy atom. The molecule has 0 aliphatic carbocycles. The Morgan fingerprint density at radius 1 is 1.32 bits per heavy atom. The standard InChI is InChI=1S/C16H22N4O.ClH/c1-17-12-16(21)20(2)10-6-9-14-11-15(19-18-14)13-7-4-3-5-8-13;/h3-5,7-8,11,17H,6,9-10,12H2,1-2H3,(H,18,19);1H. The monoisotopic (exact) mass is 322 g/mol. The molecular formula is C16H23ClN4O. The first-order chi connectivity index (χ1) is 10.2. The van der Waals surface area contributed by atoms with E-state index in [4.69, 9.17) is 0 Å². The molecule has 0 saturated carbocycles. The van der Waals surface area contributed by atoms with Gasteiger partial charge in [0.15, 0.2) is 0 Å². The molecule has 0 bridgehead atoms. The lowest BCUT2D eigenvalue weighted by Gasteiger charge is -2.16. The van der Waals surface area contributed by atoms with Crippen LogP contribution < -0.4 is 5.32 Å². The van der Waals surface area contributed by atoms with Gasteiger partial charge >= 0.3 is 0 Å². The molecular weight excluding hydrogens is 300 g/mol. The molecule has 0 unspecified atom stereocenters. The molecule has 0 atom stereocenters. The molecule has 120 valence electrons. The van der Waals surface area contributed by atoms with Gasteiger partial charge in [0.05, 0.1) is 12.2 Å². The molecule has 0 saturated heterocycles. The number of amides is 1. The first kappa shape index (κ1) is 18.2. The number of rotatable bonds is 7. The average Bonchev–Trinajstić information content (AvgIpc) is 2.97. The number of nitrogens with zero attached hydrogens (tertiary/aromatic N) is 2. The molecule has 1 heterocycles. The minimum atomic E-state index is 0. The van der Waals surface area contributed by atoms with Crippen LogP contribution in [0.3, 0.4) is 0 Å². The van der Waals surface area contributed by atoms with Crippen LogP contribution in [0.1, 0.15) is 12.1 Å². The number of H-pyrrole nitrogens is 1. The second kappa shape index (κ2) is 9.23. The molecule has 5 nitrogen and oxygen atoms in total. The van der Waals surface area contributed by atoms with Crippen LogP contribution in [0.25, 0.3) is 11.3 Å². The number of aryl methyl sites for hydroxylation is 1. The van der Waals surface area contributed by atoms with E-state index in [1.807, 2.05) is 37.4 Å². The first-order valence-corrected chi connectivity index (χ1v) is 7.19. The van der Waals surface area contributed by atoms with Gasteiger partial charge in [-0.05, 0) is 26.0 Å². The second-order valence-corrected chi connectivity index (χ2v) is 5.09. The number of hydrogen-bond donors (Lipinski definition) is 2. The van der Waals surface area contributed by atoms with Crippen molar-refractivity contribution >= 4 is 18.3 Å². The van der Waals surface area contributed by atoms with Crippen molar-refractivity contribution in [2.45, 2.75) is 12.8 Å². The molecule has 1 aromatic carbocycles. The van der Waals surface area contributed by atoms with Gasteiger partial charge < -0.3 is 10.2 Å². The minimum absolute atomic E-state index is 0. The van der Waals surface area contributed by atoms with Crippen LogP contribution in [-0.2, 0) is 11.2 Å². The summed E-state index contributed by atoms with van der Waals surface area (Å²) in [6, 6.07) is 12.2. The summed E-state index contributed by atoms with van der Waals surface area (Å²) in [7, 11) is 3.61. The van der Waals surface area contributed by atoms with Crippen LogP contribution in [0.2, 0.25) is 0 Å². The molecule has 1 aromatic heterocycles. The van der Waals surface area contributed by atoms with Crippen molar-refractivity contribution in [3.8, 4) is 11.3 Å². The van der Waals surface area contributed by atoms with Gasteiger partial charge in [-0.1, -0.05) is 30.3 Å². The molecule has 0 aliphatic rings. The van der Waals surface area contributed by atoms with E-state index in [1.54, 1.807) is 11.9 Å². The van der Waals surface area contributed by atoms with Gasteiger partial charge in [0.2, 0.25) is 5.91 Å². The Hall–Kier alpha value is -1.85. The molecule has 0 aliphatic heterocycles. The van der Waals surface area contributed by atoms with Crippen molar-refractivity contribution in [3.05, 3.63) is 42.1 Å². The zero-order valence-electron chi connectivity index (χ0n) is 13.0. The zero-order valence-corrected chi connectivity index (χ0v) is 13.8. The number of likely N-dealkylation sites (N-methyl/N-ethyl adjacent to an activating group) is 2. The maximum absolute atomic E-state index is 11.6. The van der Waals surface area contributed by atoms with Crippen molar-refractivity contribution < 1.29 is 4.79 Å². The van der Waals surface area contributed by atoms with Gasteiger partial charge in [-0.3, -0.25) is 9.89 Å². The van der Waals surface area contributed by atoms with Crippen molar-refractivity contribution in [3.63, 3.8) is 0 Å². The van der Waals surface area contributed by atoms with Crippen LogP contribution >= 0.6 is 12.4 Å². The van der Waals surface area contributed by atoms with Crippen LogP contribution in [-0.4, -0.2) is 48.2 Å². The summed E-state index contributed by atoms with van der Waals surface area (Å²) in [4.78, 5) is 13.4. The summed E-state index contributed by atoms with van der Waals surface area (Å²) in [5.74, 6) is 0.118. The summed E-state index contributed by atoms with van der Waals surface area (Å²) in [5.41, 5.74) is 3.18. The number of hydrogen-bond acceptors (Lipinski definition) is 3. The van der Waals surface area contributed by atoms with Crippen LogP contribution in [0.4, 0.5) is 0 Å². The van der Waals surface area contributed by atoms with Gasteiger partial charge in [-0.15, -0.1) is 12.4 Å². The highest BCUT2D eigenvalue weighted by atomic mass is 35.5. The maximum Gasteiger partial charge on any atom is 0.236 e. The van der Waals surface area contributed by atoms with Crippen molar-refractivity contribution in [2.75, 3.05) is 27.2 Å². The molecule has 2 aromatic rings. The number of nitrogens with one attached hydrogen (secondary N) is 2. The summed E-state index contributed by atoms with van der Waals surface area (Å²) >= 11 is 0. The normalized spacial score (nSPS) is 10.1. The number of carbonyl (C=O) groups excluding carboxylic acids is 1. The molecule has 0 radical (unpaired) electrons. The third-order valence-electron chi connectivity index (χ3n) is 3.39. The Morgan fingerprint density at radius 3 is 2.73 bits per heavy atom. The lowest BCUT2D eigenvalue weighted by Crippen LogP contribution is -2.34. The fourth-order valence-corrected chi connectivity index (χ4v) is 2.16. The largest absolute Gasteiger partial charge is 0.345 e. The van der Waals surface area contributed by atoms with E-state index in [-0.39, 0.29) is 18.3 Å². The number of aromatic amines is 1. The first-order valence-electron chi connectivity index (χ1n) is 7.19. The minimum Gasteiger partial charge on any atom is -0.345 e. The van der Waals surface area contributed by atoms with E-state index < -0.39 is 0 Å². The van der Waals surface area contributed by atoms with E-state index in [0.29, 0.717) is 6.54 Å². The number of carbonyl (C=O) groups is 1. The van der Waals surface area contributed by atoms with E-state index >= 15 is 0 Å². The zero-order chi connectivity index (χ0) is 15.1. The molecule has 1 amide bonds. The Labute approximate surface area is 137 Å². The van der Waals surface area contributed by atoms with Gasteiger partial charge in [-0.25, -0.2) is 0 Å². The van der Waals surface area contributed by atoms with Crippen molar-refractivity contribution in [2.24, 2.45) is 0 Å². The topological polar surface area (TPSA) is 61.0 Å². The lowest BCUT2D eigenvalue weighted by molar-refractivity contribution is -0.128. The van der Waals surface area contributed by atoms with Crippen molar-refractivity contribution in [1.29, 1.82) is 0 Å². The quantitative estimate of drug-likeness (QED) is 0.820. The van der Waals surface area contributed by atoms with Crippen LogP contribution in [0.15, 0.2) is 36.4 Å². The van der Waals surface area contributed by atoms with Crippen LogP contribution in [0, 0.1) is 0 Å². The molecule has 6 heteroatoms. The van der Waals surface area contributed by atoms with E-state index in [2.05, 4.69) is 21.6 Å². The molecule has 2 rings (SSSR count). The Balaban J connectivity index is 0.00000242. The molecule has 0 spiro atoms. The number of halogens is 1. The highest BCUT2D eigenvalue weighted by molar-refractivity contribution is 5.85. The lowest BCUT2D eigenvalue weighted by atomic mass is 10.1. The summed E-state index contributed by atoms with van der Waals surface area (Å²) in [6.07, 6.45) is 1.80. The maximum atomic E-state index is 11.6. The highest BCUT2D eigenvalue weighted by Crippen LogP contribution is 2.17. The third kappa shape index (κ3) is 5.16. The second-order valence-electron chi connectivity index (χ2n) is 5.09. The number of benzene rings is 1. The summed E-state index contributed by atoms with van der Waals surface area (Å²) in [5, 5.41) is 10.3. The third-order valence-corrected chi connectivity index (χ3v) is 3.39. The van der Waals surface area contributed by atoms with Gasteiger partial charge in [0, 0.05) is 24.8 Å². The SMILES string of the molecule is CNCC(=O)N(C)CCCc1cc(-c2ccccc2)n[nH]1.Cl. The smallest absolute Gasteiger partial charge is 0.236 e. The Kier molecular flexibility index (Phi) is 7.63. The fraction of sp³-hybridized carbons (Fsp3) is 0.375. The molecule has 2 N–H and O–H groups in total. The van der Waals surface area contributed by atoms with E-state index in [9.17, 15) is 4.79 Å². The highest BCUT2D eigenvalue weighted by Gasteiger charge is 2.08. The fourth-order valence-electron chi connectivity index (χ4n) is 2.16. The molecule has 22 heavy (non-hydrogen) atoms. The predicted molar refractivity (Wildman–Crippen MR) is 91.2 cm³/mol.